The number of carbonyl (C=O) groups is 2. The van der Waals surface area contributed by atoms with Gasteiger partial charge in [0.05, 0.1) is 6.54 Å². The Labute approximate surface area is 103 Å². The van der Waals surface area contributed by atoms with Crippen LogP contribution in [0.2, 0.25) is 0 Å². The highest BCUT2D eigenvalue weighted by Gasteiger charge is 2.14. The normalized spacial score (nSPS) is 9.94. The number of hydrogen-bond acceptors (Lipinski definition) is 3. The van der Waals surface area contributed by atoms with Gasteiger partial charge in [0.15, 0.2) is 0 Å². The molecule has 1 heterocycles. The van der Waals surface area contributed by atoms with Crippen molar-refractivity contribution in [3.05, 3.63) is 17.0 Å². The number of halogens is 1. The van der Waals surface area contributed by atoms with Crippen LogP contribution in [0, 0.1) is 6.92 Å². The average molecular weight is 261 g/mol. The van der Waals surface area contributed by atoms with E-state index in [1.807, 2.05) is 18.4 Å². The number of anilines is 1. The number of rotatable bonds is 4. The quantitative estimate of drug-likeness (QED) is 0.832. The fourth-order valence-electron chi connectivity index (χ4n) is 1.16. The Hall–Kier alpha value is -1.07. The summed E-state index contributed by atoms with van der Waals surface area (Å²) in [6, 6.07) is 1.95. The fraction of sp³-hybridized carbons (Fsp3) is 0.400. The lowest BCUT2D eigenvalue weighted by Crippen LogP contribution is -2.38. The molecule has 16 heavy (non-hydrogen) atoms. The molecule has 0 fully saturated rings. The number of thiophene rings is 1. The molecule has 1 aromatic rings. The van der Waals surface area contributed by atoms with E-state index >= 15 is 0 Å². The van der Waals surface area contributed by atoms with E-state index in [2.05, 4.69) is 5.32 Å². The first-order chi connectivity index (χ1) is 7.56. The van der Waals surface area contributed by atoms with Crippen molar-refractivity contribution in [1.82, 2.24) is 5.32 Å². The maximum Gasteiger partial charge on any atom is 0.246 e. The predicted octanol–water partition coefficient (Wildman–Crippen LogP) is 1.37. The summed E-state index contributed by atoms with van der Waals surface area (Å²) in [6.45, 7) is 1.91. The van der Waals surface area contributed by atoms with Gasteiger partial charge in [-0.25, -0.2) is 0 Å². The molecular weight excluding hydrogens is 248 g/mol. The lowest BCUT2D eigenvalue weighted by molar-refractivity contribution is -0.123. The summed E-state index contributed by atoms with van der Waals surface area (Å²) in [5.74, 6) is -0.634. The van der Waals surface area contributed by atoms with Crippen molar-refractivity contribution >= 4 is 39.8 Å². The van der Waals surface area contributed by atoms with E-state index in [0.717, 1.165) is 10.6 Å². The molecule has 0 saturated carbocycles. The Bertz CT molecular complexity index is 392. The van der Waals surface area contributed by atoms with E-state index in [1.54, 1.807) is 7.05 Å². The van der Waals surface area contributed by atoms with Crippen LogP contribution in [0.3, 0.4) is 0 Å². The van der Waals surface area contributed by atoms with Crippen LogP contribution in [0.15, 0.2) is 11.4 Å². The van der Waals surface area contributed by atoms with Crippen LogP contribution in [0.1, 0.15) is 5.56 Å². The molecule has 88 valence electrons. The maximum absolute atomic E-state index is 11.7. The third-order valence-electron chi connectivity index (χ3n) is 2.07. The molecule has 4 nitrogen and oxygen atoms in total. The van der Waals surface area contributed by atoms with E-state index in [0.29, 0.717) is 0 Å². The molecule has 0 spiro atoms. The molecule has 0 aliphatic carbocycles. The third-order valence-corrected chi connectivity index (χ3v) is 3.41. The molecule has 0 radical (unpaired) electrons. The third kappa shape index (κ3) is 3.21. The summed E-state index contributed by atoms with van der Waals surface area (Å²) in [7, 11) is 1.69. The highest BCUT2D eigenvalue weighted by molar-refractivity contribution is 7.14. The van der Waals surface area contributed by atoms with E-state index in [1.165, 1.54) is 16.2 Å². The summed E-state index contributed by atoms with van der Waals surface area (Å²) in [5.41, 5.74) is 1.05. The van der Waals surface area contributed by atoms with E-state index in [-0.39, 0.29) is 24.2 Å². The van der Waals surface area contributed by atoms with Crippen LogP contribution in [0.25, 0.3) is 0 Å². The standard InChI is InChI=1S/C10H13ClN2O2S/c1-7-3-4-16-10(7)13(2)9(15)6-12-8(14)5-11/h3-4H,5-6H2,1-2H3,(H,12,14). The molecule has 0 aliphatic rings. The first-order valence-electron chi connectivity index (χ1n) is 4.69. The van der Waals surface area contributed by atoms with Gasteiger partial charge >= 0.3 is 0 Å². The van der Waals surface area contributed by atoms with Crippen molar-refractivity contribution in [3.63, 3.8) is 0 Å². The van der Waals surface area contributed by atoms with Gasteiger partial charge in [0.1, 0.15) is 10.9 Å². The summed E-state index contributed by atoms with van der Waals surface area (Å²) in [4.78, 5) is 24.1. The second-order valence-electron chi connectivity index (χ2n) is 3.27. The largest absolute Gasteiger partial charge is 0.346 e. The average Bonchev–Trinajstić information content (AvgIpc) is 2.70. The lowest BCUT2D eigenvalue weighted by atomic mass is 10.3. The molecule has 1 N–H and O–H groups in total. The van der Waals surface area contributed by atoms with Gasteiger partial charge in [0, 0.05) is 7.05 Å². The van der Waals surface area contributed by atoms with Crippen LogP contribution >= 0.6 is 22.9 Å². The number of hydrogen-bond donors (Lipinski definition) is 1. The molecule has 0 bridgehead atoms. The molecule has 0 atom stereocenters. The van der Waals surface area contributed by atoms with Crippen LogP contribution < -0.4 is 10.2 Å². The molecule has 0 unspecified atom stereocenters. The fourth-order valence-corrected chi connectivity index (χ4v) is 2.17. The number of amides is 2. The Balaban J connectivity index is 2.55. The van der Waals surface area contributed by atoms with Gasteiger partial charge < -0.3 is 10.2 Å². The second-order valence-corrected chi connectivity index (χ2v) is 4.43. The molecule has 1 aromatic heterocycles. The zero-order valence-electron chi connectivity index (χ0n) is 9.12. The summed E-state index contributed by atoms with van der Waals surface area (Å²) in [6.07, 6.45) is 0. The van der Waals surface area contributed by atoms with Crippen molar-refractivity contribution in [3.8, 4) is 0 Å². The summed E-state index contributed by atoms with van der Waals surface area (Å²) < 4.78 is 0. The lowest BCUT2D eigenvalue weighted by Gasteiger charge is -2.16. The topological polar surface area (TPSA) is 49.4 Å². The number of aryl methyl sites for hydroxylation is 1. The monoisotopic (exact) mass is 260 g/mol. The van der Waals surface area contributed by atoms with Crippen LogP contribution in [-0.4, -0.2) is 31.3 Å². The van der Waals surface area contributed by atoms with Crippen LogP contribution in [0.5, 0.6) is 0 Å². The number of nitrogens with one attached hydrogen (secondary N) is 1. The Kier molecular flexibility index (Phi) is 4.76. The van der Waals surface area contributed by atoms with Gasteiger partial charge in [-0.05, 0) is 23.9 Å². The zero-order valence-corrected chi connectivity index (χ0v) is 10.7. The minimum Gasteiger partial charge on any atom is -0.346 e. The first-order valence-corrected chi connectivity index (χ1v) is 6.11. The Morgan fingerprint density at radius 2 is 2.25 bits per heavy atom. The van der Waals surface area contributed by atoms with Gasteiger partial charge in [-0.1, -0.05) is 0 Å². The molecule has 1 rings (SSSR count). The Morgan fingerprint density at radius 3 is 2.75 bits per heavy atom. The SMILES string of the molecule is Cc1ccsc1N(C)C(=O)CNC(=O)CCl. The minimum absolute atomic E-state index is 0.0284. The molecule has 6 heteroatoms. The highest BCUT2D eigenvalue weighted by Crippen LogP contribution is 2.25. The number of carbonyl (C=O) groups excluding carboxylic acids is 2. The predicted molar refractivity (Wildman–Crippen MR) is 66.2 cm³/mol. The summed E-state index contributed by atoms with van der Waals surface area (Å²) in [5, 5.41) is 5.25. The number of likely N-dealkylation sites (N-methyl/N-ethyl adjacent to an activating group) is 1. The van der Waals surface area contributed by atoms with Crippen molar-refractivity contribution in [2.24, 2.45) is 0 Å². The van der Waals surface area contributed by atoms with E-state index < -0.39 is 0 Å². The minimum atomic E-state index is -0.341. The molecule has 2 amide bonds. The second kappa shape index (κ2) is 5.86. The van der Waals surface area contributed by atoms with Gasteiger partial charge in [0.25, 0.3) is 0 Å². The van der Waals surface area contributed by atoms with Crippen LogP contribution in [-0.2, 0) is 9.59 Å². The van der Waals surface area contributed by atoms with E-state index in [4.69, 9.17) is 11.6 Å². The molecule has 0 saturated heterocycles. The molecular formula is C10H13ClN2O2S. The van der Waals surface area contributed by atoms with Crippen LogP contribution in [0.4, 0.5) is 5.00 Å². The van der Waals surface area contributed by atoms with Crippen molar-refractivity contribution < 1.29 is 9.59 Å². The maximum atomic E-state index is 11.7. The van der Waals surface area contributed by atoms with Gasteiger partial charge in [-0.3, -0.25) is 9.59 Å². The first kappa shape index (κ1) is 13.0. The summed E-state index contributed by atoms with van der Waals surface area (Å²) >= 11 is 6.80. The van der Waals surface area contributed by atoms with E-state index in [9.17, 15) is 9.59 Å². The van der Waals surface area contributed by atoms with Gasteiger partial charge in [0.2, 0.25) is 11.8 Å². The van der Waals surface area contributed by atoms with Crippen molar-refractivity contribution in [2.45, 2.75) is 6.92 Å². The van der Waals surface area contributed by atoms with Crippen molar-refractivity contribution in [2.75, 3.05) is 24.4 Å². The number of alkyl halides is 1. The highest BCUT2D eigenvalue weighted by atomic mass is 35.5. The van der Waals surface area contributed by atoms with Gasteiger partial charge in [-0.2, -0.15) is 0 Å². The Morgan fingerprint density at radius 1 is 1.56 bits per heavy atom. The smallest absolute Gasteiger partial charge is 0.246 e. The number of nitrogens with zero attached hydrogens (tertiary/aromatic N) is 1. The molecule has 0 aliphatic heterocycles. The molecule has 0 aromatic carbocycles. The van der Waals surface area contributed by atoms with Crippen molar-refractivity contribution in [1.29, 1.82) is 0 Å². The zero-order chi connectivity index (χ0) is 12.1. The van der Waals surface area contributed by atoms with Gasteiger partial charge in [-0.15, -0.1) is 22.9 Å².